The molecule has 7 nitrogen and oxygen atoms in total. The quantitative estimate of drug-likeness (QED) is 0.579. The van der Waals surface area contributed by atoms with Crippen LogP contribution in [-0.4, -0.2) is 22.2 Å². The van der Waals surface area contributed by atoms with Crippen molar-refractivity contribution in [3.05, 3.63) is 77.0 Å². The van der Waals surface area contributed by atoms with Gasteiger partial charge in [-0.05, 0) is 55.2 Å². The summed E-state index contributed by atoms with van der Waals surface area (Å²) in [5.41, 5.74) is 3.88. The SMILES string of the molecule is COc1ccc(Oc2cccc3c2CC[C@H]3Oc2ccc(C3CC(=O)NS3=O)cc2)c(C)n1. The van der Waals surface area contributed by atoms with Crippen LogP contribution in [0.25, 0.3) is 0 Å². The van der Waals surface area contributed by atoms with Crippen LogP contribution in [0.2, 0.25) is 0 Å². The molecule has 2 heterocycles. The summed E-state index contributed by atoms with van der Waals surface area (Å²) in [5.74, 6) is 2.62. The van der Waals surface area contributed by atoms with E-state index >= 15 is 0 Å². The Hall–Kier alpha value is -3.39. The molecule has 2 unspecified atom stereocenters. The highest BCUT2D eigenvalue weighted by Crippen LogP contribution is 2.41. The van der Waals surface area contributed by atoms with Crippen molar-refractivity contribution >= 4 is 16.9 Å². The molecule has 2 aliphatic rings. The first-order valence-corrected chi connectivity index (χ1v) is 12.0. The van der Waals surface area contributed by atoms with Gasteiger partial charge >= 0.3 is 0 Å². The van der Waals surface area contributed by atoms with Gasteiger partial charge in [0.25, 0.3) is 0 Å². The average Bonchev–Trinajstić information content (AvgIpc) is 3.38. The second-order valence-electron chi connectivity index (χ2n) is 8.09. The predicted molar refractivity (Wildman–Crippen MR) is 124 cm³/mol. The van der Waals surface area contributed by atoms with Gasteiger partial charge in [-0.2, -0.15) is 0 Å². The normalized spacial score (nSPS) is 21.4. The lowest BCUT2D eigenvalue weighted by molar-refractivity contribution is -0.118. The lowest BCUT2D eigenvalue weighted by atomic mass is 10.1. The Bertz CT molecular complexity index is 1230. The van der Waals surface area contributed by atoms with Gasteiger partial charge in [-0.15, -0.1) is 0 Å². The van der Waals surface area contributed by atoms with Gasteiger partial charge in [-0.3, -0.25) is 9.52 Å². The smallest absolute Gasteiger partial charge is 0.233 e. The highest BCUT2D eigenvalue weighted by atomic mass is 32.2. The molecule has 0 bridgehead atoms. The zero-order valence-electron chi connectivity index (χ0n) is 18.4. The van der Waals surface area contributed by atoms with Crippen LogP contribution in [0.1, 0.15) is 46.6 Å². The third kappa shape index (κ3) is 4.30. The summed E-state index contributed by atoms with van der Waals surface area (Å²) in [7, 11) is 0.220. The number of hydrogen-bond donors (Lipinski definition) is 1. The van der Waals surface area contributed by atoms with E-state index in [1.165, 1.54) is 0 Å². The third-order valence-corrected chi connectivity index (χ3v) is 7.37. The van der Waals surface area contributed by atoms with Gasteiger partial charge in [0.05, 0.1) is 18.1 Å². The second-order valence-corrected chi connectivity index (χ2v) is 9.46. The van der Waals surface area contributed by atoms with Crippen molar-refractivity contribution in [3.63, 3.8) is 0 Å². The van der Waals surface area contributed by atoms with Gasteiger partial charge in [-0.25, -0.2) is 9.19 Å². The molecule has 5 rings (SSSR count). The van der Waals surface area contributed by atoms with Crippen molar-refractivity contribution < 1.29 is 23.2 Å². The first-order chi connectivity index (χ1) is 16.0. The molecule has 170 valence electrons. The minimum absolute atomic E-state index is 0.0756. The average molecular weight is 465 g/mol. The predicted octanol–water partition coefficient (Wildman–Crippen LogP) is 4.48. The first-order valence-electron chi connectivity index (χ1n) is 10.8. The number of fused-ring (bicyclic) bond motifs is 1. The number of methoxy groups -OCH3 is 1. The number of rotatable bonds is 6. The minimum atomic E-state index is -1.37. The van der Waals surface area contributed by atoms with Gasteiger partial charge < -0.3 is 14.2 Å². The number of carbonyl (C=O) groups is 1. The summed E-state index contributed by atoms with van der Waals surface area (Å²) in [6.45, 7) is 1.89. The maximum atomic E-state index is 12.0. The molecule has 1 saturated heterocycles. The molecule has 3 aromatic rings. The Morgan fingerprint density at radius 2 is 1.88 bits per heavy atom. The molecular formula is C25H24N2O5S. The van der Waals surface area contributed by atoms with E-state index in [1.807, 2.05) is 49.4 Å². The Morgan fingerprint density at radius 3 is 2.58 bits per heavy atom. The van der Waals surface area contributed by atoms with E-state index in [0.717, 1.165) is 46.7 Å². The molecular weight excluding hydrogens is 440 g/mol. The lowest BCUT2D eigenvalue weighted by Crippen LogP contribution is -2.15. The van der Waals surface area contributed by atoms with Crippen LogP contribution in [0.15, 0.2) is 54.6 Å². The van der Waals surface area contributed by atoms with Crippen molar-refractivity contribution in [2.45, 2.75) is 37.5 Å². The monoisotopic (exact) mass is 464 g/mol. The summed E-state index contributed by atoms with van der Waals surface area (Å²) in [6.07, 6.45) is 1.87. The molecule has 1 N–H and O–H groups in total. The highest BCUT2D eigenvalue weighted by Gasteiger charge is 2.31. The molecule has 8 heteroatoms. The number of amides is 1. The molecule has 1 aromatic heterocycles. The zero-order chi connectivity index (χ0) is 22.9. The lowest BCUT2D eigenvalue weighted by Gasteiger charge is -2.17. The number of aromatic nitrogens is 1. The van der Waals surface area contributed by atoms with Crippen LogP contribution in [0.3, 0.4) is 0 Å². The van der Waals surface area contributed by atoms with Crippen molar-refractivity contribution in [2.24, 2.45) is 0 Å². The fraction of sp³-hybridized carbons (Fsp3) is 0.280. The largest absolute Gasteiger partial charge is 0.486 e. The van der Waals surface area contributed by atoms with Gasteiger partial charge in [0.2, 0.25) is 11.8 Å². The molecule has 1 amide bonds. The van der Waals surface area contributed by atoms with E-state index in [1.54, 1.807) is 13.2 Å². The number of ether oxygens (including phenoxy) is 3. The molecule has 3 atom stereocenters. The summed E-state index contributed by atoms with van der Waals surface area (Å²) < 4.78 is 32.2. The van der Waals surface area contributed by atoms with Gasteiger partial charge in [-0.1, -0.05) is 24.3 Å². The third-order valence-electron chi connectivity index (χ3n) is 5.99. The summed E-state index contributed by atoms with van der Waals surface area (Å²) >= 11 is 0. The standard InChI is InChI=1S/C25H24N2O5S/c1-15-20(12-13-25(26-15)30-2)32-21-5-3-4-18-19(21)10-11-22(18)31-17-8-6-16(7-9-17)23-14-24(28)27-33(23)29/h3-9,12-13,22-23H,10-11,14H2,1-2H3,(H,27,28)/t22-,23?,33?/m1/s1. The number of nitrogens with zero attached hydrogens (tertiary/aromatic N) is 1. The summed E-state index contributed by atoms with van der Waals surface area (Å²) in [4.78, 5) is 15.9. The topological polar surface area (TPSA) is 86.8 Å². The number of benzene rings is 2. The molecule has 1 fully saturated rings. The molecule has 0 spiro atoms. The van der Waals surface area contributed by atoms with E-state index in [4.69, 9.17) is 14.2 Å². The molecule has 0 radical (unpaired) electrons. The second kappa shape index (κ2) is 8.86. The van der Waals surface area contributed by atoms with Crippen molar-refractivity contribution in [3.8, 4) is 23.1 Å². The Labute approximate surface area is 194 Å². The molecule has 1 aliphatic carbocycles. The van der Waals surface area contributed by atoms with Crippen molar-refractivity contribution in [1.29, 1.82) is 0 Å². The van der Waals surface area contributed by atoms with Gasteiger partial charge in [0, 0.05) is 18.1 Å². The minimum Gasteiger partial charge on any atom is -0.486 e. The van der Waals surface area contributed by atoms with Crippen molar-refractivity contribution in [1.82, 2.24) is 9.71 Å². The van der Waals surface area contributed by atoms with Crippen molar-refractivity contribution in [2.75, 3.05) is 7.11 Å². The van der Waals surface area contributed by atoms with Crippen LogP contribution >= 0.6 is 0 Å². The van der Waals surface area contributed by atoms with Crippen LogP contribution in [0, 0.1) is 6.92 Å². The van der Waals surface area contributed by atoms with E-state index in [-0.39, 0.29) is 23.7 Å². The van der Waals surface area contributed by atoms with E-state index in [2.05, 4.69) is 15.8 Å². The number of aryl methyl sites for hydroxylation is 1. The van der Waals surface area contributed by atoms with Gasteiger partial charge in [0.1, 0.15) is 34.3 Å². The molecule has 1 aliphatic heterocycles. The first kappa shape index (κ1) is 21.5. The van der Waals surface area contributed by atoms with E-state index in [9.17, 15) is 9.00 Å². The Balaban J connectivity index is 1.31. The van der Waals surface area contributed by atoms with Crippen LogP contribution in [0.4, 0.5) is 0 Å². The zero-order valence-corrected chi connectivity index (χ0v) is 19.2. The maximum Gasteiger partial charge on any atom is 0.233 e. The van der Waals surface area contributed by atoms with Crippen LogP contribution in [0.5, 0.6) is 23.1 Å². The summed E-state index contributed by atoms with van der Waals surface area (Å²) in [6, 6.07) is 17.2. The Kier molecular flexibility index (Phi) is 5.76. The molecule has 33 heavy (non-hydrogen) atoms. The fourth-order valence-electron chi connectivity index (χ4n) is 4.30. The maximum absolute atomic E-state index is 12.0. The van der Waals surface area contributed by atoms with Gasteiger partial charge in [0.15, 0.2) is 0 Å². The van der Waals surface area contributed by atoms with Crippen LogP contribution in [-0.2, 0) is 22.2 Å². The number of nitrogens with one attached hydrogen (secondary N) is 1. The number of carbonyl (C=O) groups excluding carboxylic acids is 1. The van der Waals surface area contributed by atoms with E-state index in [0.29, 0.717) is 11.6 Å². The number of hydrogen-bond acceptors (Lipinski definition) is 6. The van der Waals surface area contributed by atoms with Crippen LogP contribution < -0.4 is 18.9 Å². The van der Waals surface area contributed by atoms with E-state index < -0.39 is 11.0 Å². The Morgan fingerprint density at radius 1 is 1.06 bits per heavy atom. The summed E-state index contributed by atoms with van der Waals surface area (Å²) in [5, 5.41) is -0.311. The highest BCUT2D eigenvalue weighted by molar-refractivity contribution is 7.84. The number of pyridine rings is 1. The molecule has 0 saturated carbocycles. The fourth-order valence-corrected chi connectivity index (χ4v) is 5.46. The molecule has 2 aromatic carbocycles.